The molecule has 1 fully saturated rings. The van der Waals surface area contributed by atoms with E-state index in [2.05, 4.69) is 64.8 Å². The highest BCUT2D eigenvalue weighted by atomic mass is 32.2. The van der Waals surface area contributed by atoms with Gasteiger partial charge in [-0.15, -0.1) is 11.8 Å². The number of carboxylic acids is 1. The summed E-state index contributed by atoms with van der Waals surface area (Å²) >= 11 is 1.74. The van der Waals surface area contributed by atoms with Crippen LogP contribution in [0.15, 0.2) is 65.6 Å². The lowest BCUT2D eigenvalue weighted by Gasteiger charge is -2.14. The van der Waals surface area contributed by atoms with Crippen molar-refractivity contribution >= 4 is 17.7 Å². The Morgan fingerprint density at radius 3 is 2.19 bits per heavy atom. The van der Waals surface area contributed by atoms with Crippen LogP contribution in [-0.2, 0) is 22.5 Å². The Kier molecular flexibility index (Phi) is 12.0. The van der Waals surface area contributed by atoms with Gasteiger partial charge in [-0.05, 0) is 67.6 Å². The molecule has 7 nitrogen and oxygen atoms in total. The van der Waals surface area contributed by atoms with Crippen LogP contribution >= 0.6 is 11.8 Å². The van der Waals surface area contributed by atoms with E-state index in [0.29, 0.717) is 19.6 Å². The van der Waals surface area contributed by atoms with Crippen LogP contribution in [0.5, 0.6) is 5.75 Å². The standard InChI is InChI=1S/C25H29NO4S.C4H10N2/c1-4-29-24(25(27)28)17-19-6-10-21(11-7-19)30-16-15-26-18(2)5-14-23(26)20-8-12-22(31-3)13-9-20;1-2-6-4-3-5-1/h5-14,24H,4,15-17H2,1-3H3,(H,27,28);5-6H,1-4H2/t24-;/m0./s1. The second-order valence-electron chi connectivity index (χ2n) is 8.72. The molecular formula is C29H39N3O4S. The quantitative estimate of drug-likeness (QED) is 0.319. The van der Waals surface area contributed by atoms with Crippen LogP contribution in [0.25, 0.3) is 11.3 Å². The van der Waals surface area contributed by atoms with Crippen molar-refractivity contribution in [3.8, 4) is 17.0 Å². The highest BCUT2D eigenvalue weighted by molar-refractivity contribution is 7.98. The highest BCUT2D eigenvalue weighted by Gasteiger charge is 2.17. The fraction of sp³-hybridized carbons (Fsp3) is 0.414. The van der Waals surface area contributed by atoms with Crippen molar-refractivity contribution in [1.29, 1.82) is 0 Å². The van der Waals surface area contributed by atoms with Crippen molar-refractivity contribution in [3.05, 3.63) is 71.9 Å². The molecule has 1 saturated heterocycles. The maximum Gasteiger partial charge on any atom is 0.333 e. The zero-order valence-corrected chi connectivity index (χ0v) is 22.9. The summed E-state index contributed by atoms with van der Waals surface area (Å²) in [5, 5.41) is 15.7. The fourth-order valence-electron chi connectivity index (χ4n) is 4.09. The Morgan fingerprint density at radius 1 is 1.00 bits per heavy atom. The Balaban J connectivity index is 0.000000555. The van der Waals surface area contributed by atoms with Gasteiger partial charge in [0.2, 0.25) is 0 Å². The lowest BCUT2D eigenvalue weighted by molar-refractivity contribution is -0.149. The zero-order chi connectivity index (χ0) is 26.5. The van der Waals surface area contributed by atoms with Gasteiger partial charge in [-0.2, -0.15) is 0 Å². The van der Waals surface area contributed by atoms with E-state index in [4.69, 9.17) is 9.47 Å². The van der Waals surface area contributed by atoms with Gasteiger partial charge in [0.15, 0.2) is 6.10 Å². The Labute approximate surface area is 224 Å². The Morgan fingerprint density at radius 2 is 1.65 bits per heavy atom. The van der Waals surface area contributed by atoms with Crippen LogP contribution in [0.2, 0.25) is 0 Å². The monoisotopic (exact) mass is 525 g/mol. The lowest BCUT2D eigenvalue weighted by Crippen LogP contribution is -2.39. The first kappa shape index (κ1) is 28.8. The number of ether oxygens (including phenoxy) is 2. The fourth-order valence-corrected chi connectivity index (χ4v) is 4.50. The number of nitrogens with zero attached hydrogens (tertiary/aromatic N) is 1. The van der Waals surface area contributed by atoms with Gasteiger partial charge < -0.3 is 29.8 Å². The Bertz CT molecular complexity index is 1070. The van der Waals surface area contributed by atoms with Crippen LogP contribution in [0.3, 0.4) is 0 Å². The molecule has 1 aromatic heterocycles. The van der Waals surface area contributed by atoms with Gasteiger partial charge in [0.1, 0.15) is 12.4 Å². The largest absolute Gasteiger partial charge is 0.492 e. The SMILES string of the molecule is C1CNCCN1.CCO[C@@H](Cc1ccc(OCCn2c(C)ccc2-c2ccc(SC)cc2)cc1)C(=O)O. The number of thioether (sulfide) groups is 1. The first-order chi connectivity index (χ1) is 18.0. The molecule has 200 valence electrons. The van der Waals surface area contributed by atoms with Gasteiger partial charge >= 0.3 is 5.97 Å². The third kappa shape index (κ3) is 9.23. The number of aromatic nitrogens is 1. The topological polar surface area (TPSA) is 84.8 Å². The minimum atomic E-state index is -0.942. The number of hydrogen-bond acceptors (Lipinski definition) is 6. The predicted molar refractivity (Wildman–Crippen MR) is 151 cm³/mol. The molecule has 37 heavy (non-hydrogen) atoms. The maximum absolute atomic E-state index is 11.3. The van der Waals surface area contributed by atoms with Crippen molar-refractivity contribution in [3.63, 3.8) is 0 Å². The van der Waals surface area contributed by atoms with Crippen molar-refractivity contribution in [2.24, 2.45) is 0 Å². The van der Waals surface area contributed by atoms with Gasteiger partial charge in [0.25, 0.3) is 0 Å². The highest BCUT2D eigenvalue weighted by Crippen LogP contribution is 2.25. The molecule has 1 atom stereocenters. The summed E-state index contributed by atoms with van der Waals surface area (Å²) < 4.78 is 13.5. The molecule has 0 unspecified atom stereocenters. The summed E-state index contributed by atoms with van der Waals surface area (Å²) in [5.41, 5.74) is 4.47. The van der Waals surface area contributed by atoms with E-state index in [0.717, 1.165) is 44.0 Å². The van der Waals surface area contributed by atoms with E-state index in [9.17, 15) is 9.90 Å². The minimum Gasteiger partial charge on any atom is -0.492 e. The molecule has 0 spiro atoms. The normalized spacial score (nSPS) is 13.9. The summed E-state index contributed by atoms with van der Waals surface area (Å²) in [6.45, 7) is 10.1. The van der Waals surface area contributed by atoms with Crippen LogP contribution in [0.1, 0.15) is 18.2 Å². The number of benzene rings is 2. The van der Waals surface area contributed by atoms with Crippen LogP contribution in [0.4, 0.5) is 0 Å². The molecule has 0 aliphatic carbocycles. The average Bonchev–Trinajstić information content (AvgIpc) is 3.30. The van der Waals surface area contributed by atoms with E-state index in [-0.39, 0.29) is 0 Å². The van der Waals surface area contributed by atoms with Gasteiger partial charge in [-0.25, -0.2) is 4.79 Å². The number of aryl methyl sites for hydroxylation is 1. The van der Waals surface area contributed by atoms with E-state index in [1.165, 1.54) is 21.8 Å². The minimum absolute atomic E-state index is 0.338. The molecule has 4 rings (SSSR count). The number of nitrogens with one attached hydrogen (secondary N) is 2. The van der Waals surface area contributed by atoms with Crippen LogP contribution in [0, 0.1) is 6.92 Å². The van der Waals surface area contributed by atoms with Crippen molar-refractivity contribution in [2.45, 2.75) is 37.8 Å². The number of hydrogen-bond donors (Lipinski definition) is 3. The first-order valence-corrected chi connectivity index (χ1v) is 14.0. The molecule has 2 heterocycles. The smallest absolute Gasteiger partial charge is 0.333 e. The van der Waals surface area contributed by atoms with E-state index in [1.807, 2.05) is 24.3 Å². The maximum atomic E-state index is 11.3. The molecule has 2 aromatic carbocycles. The first-order valence-electron chi connectivity index (χ1n) is 12.8. The molecule has 3 aromatic rings. The molecule has 0 bridgehead atoms. The summed E-state index contributed by atoms with van der Waals surface area (Å²) in [6.07, 6.45) is 1.59. The number of carbonyl (C=O) groups is 1. The number of carboxylic acid groups (broad SMARTS) is 1. The molecule has 0 radical (unpaired) electrons. The molecule has 3 N–H and O–H groups in total. The van der Waals surface area contributed by atoms with E-state index < -0.39 is 12.1 Å². The molecule has 0 saturated carbocycles. The van der Waals surface area contributed by atoms with Gasteiger partial charge in [-0.1, -0.05) is 24.3 Å². The van der Waals surface area contributed by atoms with Gasteiger partial charge in [0, 0.05) is 55.5 Å². The average molecular weight is 526 g/mol. The third-order valence-electron chi connectivity index (χ3n) is 6.11. The van der Waals surface area contributed by atoms with Crippen LogP contribution in [-0.4, -0.2) is 67.4 Å². The molecule has 1 aliphatic heterocycles. The van der Waals surface area contributed by atoms with Gasteiger partial charge in [-0.3, -0.25) is 0 Å². The van der Waals surface area contributed by atoms with Crippen LogP contribution < -0.4 is 15.4 Å². The van der Waals surface area contributed by atoms with Crippen molar-refractivity contribution < 1.29 is 19.4 Å². The molecule has 0 amide bonds. The summed E-state index contributed by atoms with van der Waals surface area (Å²) in [4.78, 5) is 12.5. The number of rotatable bonds is 11. The number of piperazine rings is 1. The van der Waals surface area contributed by atoms with E-state index in [1.54, 1.807) is 18.7 Å². The van der Waals surface area contributed by atoms with Crippen molar-refractivity contribution in [1.82, 2.24) is 15.2 Å². The molecule has 8 heteroatoms. The van der Waals surface area contributed by atoms with Crippen molar-refractivity contribution in [2.75, 3.05) is 45.6 Å². The predicted octanol–water partition coefficient (Wildman–Crippen LogP) is 4.48. The Hall–Kier alpha value is -2.78. The van der Waals surface area contributed by atoms with Gasteiger partial charge in [0.05, 0.1) is 6.54 Å². The second kappa shape index (κ2) is 15.5. The zero-order valence-electron chi connectivity index (χ0n) is 22.0. The lowest BCUT2D eigenvalue weighted by atomic mass is 10.1. The van der Waals surface area contributed by atoms with E-state index >= 15 is 0 Å². The third-order valence-corrected chi connectivity index (χ3v) is 6.86. The summed E-state index contributed by atoms with van der Waals surface area (Å²) in [5.74, 6) is -0.175. The number of aliphatic carboxylic acids is 1. The summed E-state index contributed by atoms with van der Waals surface area (Å²) in [6, 6.07) is 20.4. The molecular weight excluding hydrogens is 486 g/mol. The second-order valence-corrected chi connectivity index (χ2v) is 9.60. The summed E-state index contributed by atoms with van der Waals surface area (Å²) in [7, 11) is 0. The molecule has 1 aliphatic rings.